The lowest BCUT2D eigenvalue weighted by atomic mass is 9.85. The SMILES string of the molecule is CC(C)OC(=O)[C@H](C)NP(=O)(Oc1ccccc1)C(F)(F)c1ccc2sc(C(=O)N[C@H]3CC4CN(C)C[C@@H]4[C@H]4CC[C@@H](C(=O)N5C[C@@H](C#N)[C@H](c6ccccc6)C5)N4C3=O)cc2c1. The van der Waals surface area contributed by atoms with Crippen LogP contribution < -0.4 is 14.9 Å². The third kappa shape index (κ3) is 8.73. The smallest absolute Gasteiger partial charge is 0.390 e. The number of carbonyl (C=O) groups excluding carboxylic acids is 4. The number of thiophene rings is 1. The Balaban J connectivity index is 1.03. The zero-order valence-electron chi connectivity index (χ0n) is 35.5. The maximum Gasteiger partial charge on any atom is 0.390 e. The molecule has 0 saturated carbocycles. The molecule has 3 aromatic carbocycles. The summed E-state index contributed by atoms with van der Waals surface area (Å²) in [5.74, 6) is -2.41. The molecule has 4 fully saturated rings. The number of hydrogen-bond acceptors (Lipinski definition) is 10. The first-order chi connectivity index (χ1) is 30.1. The van der Waals surface area contributed by atoms with E-state index >= 15 is 8.78 Å². The molecule has 17 heteroatoms. The van der Waals surface area contributed by atoms with Crippen LogP contribution in [0.3, 0.4) is 0 Å². The van der Waals surface area contributed by atoms with Gasteiger partial charge in [-0.1, -0.05) is 54.6 Å². The molecule has 0 radical (unpaired) electrons. The molecule has 3 amide bonds. The molecular formula is C46H51F2N6O7PS. The summed E-state index contributed by atoms with van der Waals surface area (Å²) in [5, 5.41) is 15.5. The van der Waals surface area contributed by atoms with Crippen molar-refractivity contribution in [3.05, 3.63) is 101 Å². The molecule has 9 atom stereocenters. The molecule has 5 heterocycles. The molecule has 63 heavy (non-hydrogen) atoms. The molecule has 2 unspecified atom stereocenters. The molecule has 2 N–H and O–H groups in total. The maximum atomic E-state index is 16.7. The molecule has 4 aliphatic rings. The average molecular weight is 901 g/mol. The van der Waals surface area contributed by atoms with Crippen molar-refractivity contribution in [1.82, 2.24) is 25.1 Å². The Bertz CT molecular complexity index is 2470. The Hall–Kier alpha value is -5.20. The Morgan fingerprint density at radius 2 is 1.67 bits per heavy atom. The summed E-state index contributed by atoms with van der Waals surface area (Å²) < 4.78 is 58.8. The fraction of sp³-hybridized carbons (Fsp3) is 0.457. The summed E-state index contributed by atoms with van der Waals surface area (Å²) in [6, 6.07) is 21.4. The number of alkyl halides is 2. The highest BCUT2D eigenvalue weighted by molar-refractivity contribution is 7.58. The number of benzene rings is 3. The van der Waals surface area contributed by atoms with E-state index < -0.39 is 54.9 Å². The maximum absolute atomic E-state index is 16.7. The van der Waals surface area contributed by atoms with Crippen LogP contribution in [0.4, 0.5) is 8.78 Å². The standard InChI is InChI=1S/C46H51F2N6O7PS/c1-27(2)60-45(58)28(3)51-62(59,61-34-13-9-6-10-14-34)46(47,48)33-15-18-40-30(19-33)21-41(63-40)42(55)50-37-20-31-23-52(4)25-36(31)38-16-17-39(54(38)43(37)56)44(57)53-24-32(22-49)35(26-53)29-11-7-5-8-12-29/h5-15,18-19,21,27-28,31-32,35-39H,16-17,20,23-26H2,1-4H3,(H,50,55)(H,51,59)/t28-,31?,32+,35-,36-,37-,38+,39-,62?/m0/s1. The van der Waals surface area contributed by atoms with Crippen LogP contribution >= 0.6 is 18.9 Å². The number of hydrogen-bond donors (Lipinski definition) is 2. The number of nitrogens with zero attached hydrogens (tertiary/aromatic N) is 4. The quantitative estimate of drug-likeness (QED) is 0.112. The van der Waals surface area contributed by atoms with Gasteiger partial charge in [-0.05, 0) is 100 Å². The fourth-order valence-corrected chi connectivity index (χ4v) is 12.7. The number of para-hydroxylation sites is 1. The van der Waals surface area contributed by atoms with E-state index in [2.05, 4.69) is 21.4 Å². The van der Waals surface area contributed by atoms with E-state index in [1.165, 1.54) is 43.3 Å². The van der Waals surface area contributed by atoms with Crippen LogP contribution in [0.15, 0.2) is 84.9 Å². The number of nitrogens with one attached hydrogen (secondary N) is 2. The highest BCUT2D eigenvalue weighted by Gasteiger charge is 2.57. The van der Waals surface area contributed by atoms with Crippen molar-refractivity contribution in [2.24, 2.45) is 17.8 Å². The van der Waals surface area contributed by atoms with Gasteiger partial charge < -0.3 is 29.3 Å². The average Bonchev–Trinajstić information content (AvgIpc) is 4.06. The molecule has 0 spiro atoms. The first-order valence-electron chi connectivity index (χ1n) is 21.4. The van der Waals surface area contributed by atoms with Crippen LogP contribution in [-0.2, 0) is 29.3 Å². The van der Waals surface area contributed by atoms with E-state index in [1.807, 2.05) is 37.4 Å². The first kappa shape index (κ1) is 44.4. The van der Waals surface area contributed by atoms with Gasteiger partial charge in [0.2, 0.25) is 11.8 Å². The van der Waals surface area contributed by atoms with Crippen molar-refractivity contribution in [3.8, 4) is 11.8 Å². The van der Waals surface area contributed by atoms with Gasteiger partial charge in [0.05, 0.1) is 23.0 Å². The number of amides is 3. The highest BCUT2D eigenvalue weighted by atomic mass is 32.1. The van der Waals surface area contributed by atoms with E-state index in [0.29, 0.717) is 30.5 Å². The van der Waals surface area contributed by atoms with Gasteiger partial charge >= 0.3 is 19.2 Å². The molecule has 13 nitrogen and oxygen atoms in total. The van der Waals surface area contributed by atoms with E-state index in [1.54, 1.807) is 29.7 Å². The van der Waals surface area contributed by atoms with Crippen molar-refractivity contribution in [3.63, 3.8) is 0 Å². The van der Waals surface area contributed by atoms with Gasteiger partial charge in [-0.2, -0.15) is 14.0 Å². The molecule has 4 aliphatic heterocycles. The number of ether oxygens (including phenoxy) is 1. The second-order valence-corrected chi connectivity index (χ2v) is 20.7. The number of rotatable bonds is 12. The van der Waals surface area contributed by atoms with E-state index in [4.69, 9.17) is 9.26 Å². The summed E-state index contributed by atoms with van der Waals surface area (Å²) >= 11 is 1.06. The number of fused-ring (bicyclic) bond motifs is 4. The van der Waals surface area contributed by atoms with Gasteiger partial charge in [-0.15, -0.1) is 11.3 Å². The molecule has 4 aromatic rings. The van der Waals surface area contributed by atoms with Crippen LogP contribution in [0.25, 0.3) is 10.1 Å². The number of nitriles is 1. The van der Waals surface area contributed by atoms with Gasteiger partial charge in [0, 0.05) is 48.4 Å². The minimum Gasteiger partial charge on any atom is -0.462 e. The van der Waals surface area contributed by atoms with Crippen molar-refractivity contribution in [2.45, 2.75) is 81.9 Å². The third-order valence-corrected chi connectivity index (χ3v) is 16.1. The lowest BCUT2D eigenvalue weighted by Crippen LogP contribution is -2.55. The topological polar surface area (TPSA) is 161 Å². The van der Waals surface area contributed by atoms with Gasteiger partial charge in [-0.3, -0.25) is 23.7 Å². The molecule has 0 aliphatic carbocycles. The molecule has 8 rings (SSSR count). The van der Waals surface area contributed by atoms with Crippen molar-refractivity contribution >= 4 is 52.6 Å². The van der Waals surface area contributed by atoms with E-state index in [0.717, 1.165) is 42.1 Å². The van der Waals surface area contributed by atoms with Gasteiger partial charge in [0.1, 0.15) is 23.9 Å². The Morgan fingerprint density at radius 3 is 2.37 bits per heavy atom. The van der Waals surface area contributed by atoms with Crippen LogP contribution in [-0.4, -0.2) is 102 Å². The first-order valence-corrected chi connectivity index (χ1v) is 23.8. The number of esters is 1. The van der Waals surface area contributed by atoms with Gasteiger partial charge in [-0.25, -0.2) is 5.09 Å². The van der Waals surface area contributed by atoms with Crippen molar-refractivity contribution in [1.29, 1.82) is 5.26 Å². The summed E-state index contributed by atoms with van der Waals surface area (Å²) in [4.78, 5) is 61.7. The normalized spacial score (nSPS) is 26.4. The van der Waals surface area contributed by atoms with Crippen molar-refractivity contribution in [2.75, 3.05) is 33.2 Å². The lowest BCUT2D eigenvalue weighted by molar-refractivity contribution is -0.149. The van der Waals surface area contributed by atoms with Gasteiger partial charge in [0.15, 0.2) is 0 Å². The summed E-state index contributed by atoms with van der Waals surface area (Å²) in [6.07, 6.45) is 0.962. The lowest BCUT2D eigenvalue weighted by Gasteiger charge is -2.34. The zero-order valence-corrected chi connectivity index (χ0v) is 37.2. The largest absolute Gasteiger partial charge is 0.462 e. The highest BCUT2D eigenvalue weighted by Crippen LogP contribution is 2.63. The minimum atomic E-state index is -5.26. The number of likely N-dealkylation sites (tertiary alicyclic amines) is 2. The molecule has 332 valence electrons. The Labute approximate surface area is 369 Å². The van der Waals surface area contributed by atoms with E-state index in [-0.39, 0.29) is 64.1 Å². The summed E-state index contributed by atoms with van der Waals surface area (Å²) in [7, 11) is -3.23. The summed E-state index contributed by atoms with van der Waals surface area (Å²) in [5.41, 5.74) is -3.85. The Kier molecular flexibility index (Phi) is 12.5. The Morgan fingerprint density at radius 1 is 0.952 bits per heavy atom. The summed E-state index contributed by atoms with van der Waals surface area (Å²) in [6.45, 7) is 6.59. The predicted octanol–water partition coefficient (Wildman–Crippen LogP) is 6.96. The van der Waals surface area contributed by atoms with Gasteiger partial charge in [0.25, 0.3) is 5.91 Å². The molecule has 1 aromatic heterocycles. The van der Waals surface area contributed by atoms with Crippen LogP contribution in [0.5, 0.6) is 5.75 Å². The van der Waals surface area contributed by atoms with Crippen LogP contribution in [0.2, 0.25) is 0 Å². The van der Waals surface area contributed by atoms with Crippen LogP contribution in [0, 0.1) is 29.1 Å². The number of carbonyl (C=O) groups is 4. The monoisotopic (exact) mass is 900 g/mol. The molecule has 4 saturated heterocycles. The van der Waals surface area contributed by atoms with E-state index in [9.17, 15) is 29.0 Å². The number of halogens is 2. The van der Waals surface area contributed by atoms with Crippen LogP contribution in [0.1, 0.15) is 66.8 Å². The predicted molar refractivity (Wildman–Crippen MR) is 233 cm³/mol. The van der Waals surface area contributed by atoms with Crippen molar-refractivity contribution < 1.29 is 41.8 Å². The second-order valence-electron chi connectivity index (χ2n) is 17.5. The third-order valence-electron chi connectivity index (χ3n) is 12.8. The fourth-order valence-electron chi connectivity index (χ4n) is 9.87. The molecule has 0 bridgehead atoms. The zero-order chi connectivity index (χ0) is 44.8. The molecular weight excluding hydrogens is 850 g/mol. The second kappa shape index (κ2) is 17.8. The minimum absolute atomic E-state index is 0.0786.